The molecule has 25 heavy (non-hydrogen) atoms. The first-order valence-corrected chi connectivity index (χ1v) is 8.01. The molecule has 0 spiro atoms. The predicted octanol–water partition coefficient (Wildman–Crippen LogP) is 5.69. The minimum Gasteiger partial charge on any atom is -0.465 e. The van der Waals surface area contributed by atoms with E-state index in [4.69, 9.17) is 25.8 Å². The molecule has 0 saturated carbocycles. The normalized spacial score (nSPS) is 11.6. The lowest BCUT2D eigenvalue weighted by molar-refractivity contribution is 0.0601. The third-order valence-electron chi connectivity index (χ3n) is 3.94. The van der Waals surface area contributed by atoms with Gasteiger partial charge in [0.2, 0.25) is 0 Å². The van der Waals surface area contributed by atoms with Crippen LogP contribution < -0.4 is 9.47 Å². The smallest absolute Gasteiger partial charge is 0.338 e. The number of ether oxygens (including phenoxy) is 3. The fraction of sp³-hybridized carbons (Fsp3) is 0.0500. The third-order valence-corrected chi connectivity index (χ3v) is 4.26. The van der Waals surface area contributed by atoms with E-state index in [2.05, 4.69) is 0 Å². The fourth-order valence-electron chi connectivity index (χ4n) is 2.78. The Morgan fingerprint density at radius 3 is 2.28 bits per heavy atom. The molecule has 0 atom stereocenters. The third kappa shape index (κ3) is 2.71. The highest BCUT2D eigenvalue weighted by Gasteiger charge is 2.21. The molecule has 1 heterocycles. The van der Waals surface area contributed by atoms with Gasteiger partial charge in [0.05, 0.1) is 12.7 Å². The van der Waals surface area contributed by atoms with Gasteiger partial charge < -0.3 is 14.2 Å². The Bertz CT molecular complexity index is 981. The number of halogens is 1. The molecule has 0 bridgehead atoms. The first-order valence-electron chi connectivity index (χ1n) is 7.63. The molecule has 1 aliphatic heterocycles. The Kier molecular flexibility index (Phi) is 3.82. The molecule has 0 fully saturated rings. The van der Waals surface area contributed by atoms with Gasteiger partial charge in [-0.2, -0.15) is 0 Å². The summed E-state index contributed by atoms with van der Waals surface area (Å²) in [6.45, 7) is 0. The first kappa shape index (κ1) is 15.5. The highest BCUT2D eigenvalue weighted by Crippen LogP contribution is 2.47. The van der Waals surface area contributed by atoms with Crippen LogP contribution in [-0.2, 0) is 4.74 Å². The zero-order chi connectivity index (χ0) is 17.4. The second kappa shape index (κ2) is 6.15. The monoisotopic (exact) mass is 352 g/mol. The molecule has 0 radical (unpaired) electrons. The van der Waals surface area contributed by atoms with Gasteiger partial charge >= 0.3 is 5.97 Å². The van der Waals surface area contributed by atoms with Crippen molar-refractivity contribution >= 4 is 17.6 Å². The standard InChI is InChI=1S/C20H13ClO4/c1-23-20(22)13-5-4-6-14(21)19(13)12-9-10-17-18(11-12)25-16-8-3-2-7-15(16)24-17/h2-11H,1H3. The van der Waals surface area contributed by atoms with E-state index in [0.717, 1.165) is 5.56 Å². The number of hydrogen-bond donors (Lipinski definition) is 0. The largest absolute Gasteiger partial charge is 0.465 e. The number of methoxy groups -OCH3 is 1. The maximum absolute atomic E-state index is 12.1. The molecule has 0 N–H and O–H groups in total. The van der Waals surface area contributed by atoms with E-state index in [0.29, 0.717) is 39.1 Å². The van der Waals surface area contributed by atoms with Crippen LogP contribution in [-0.4, -0.2) is 13.1 Å². The van der Waals surface area contributed by atoms with Gasteiger partial charge in [-0.1, -0.05) is 35.9 Å². The highest BCUT2D eigenvalue weighted by molar-refractivity contribution is 6.34. The van der Waals surface area contributed by atoms with Crippen molar-refractivity contribution in [1.29, 1.82) is 0 Å². The molecule has 0 unspecified atom stereocenters. The first-order chi connectivity index (χ1) is 12.2. The van der Waals surface area contributed by atoms with Gasteiger partial charge in [-0.25, -0.2) is 4.79 Å². The van der Waals surface area contributed by atoms with Crippen LogP contribution in [0.25, 0.3) is 11.1 Å². The van der Waals surface area contributed by atoms with Crippen molar-refractivity contribution in [3.63, 3.8) is 0 Å². The van der Waals surface area contributed by atoms with Crippen LogP contribution in [0, 0.1) is 0 Å². The summed E-state index contributed by atoms with van der Waals surface area (Å²) in [5, 5.41) is 0.458. The highest BCUT2D eigenvalue weighted by atomic mass is 35.5. The van der Waals surface area contributed by atoms with Crippen molar-refractivity contribution in [1.82, 2.24) is 0 Å². The second-order valence-corrected chi connectivity index (χ2v) is 5.87. The minimum absolute atomic E-state index is 0.395. The van der Waals surface area contributed by atoms with Crippen molar-refractivity contribution in [2.45, 2.75) is 0 Å². The lowest BCUT2D eigenvalue weighted by Crippen LogP contribution is -2.04. The Morgan fingerprint density at radius 2 is 1.56 bits per heavy atom. The van der Waals surface area contributed by atoms with Crippen molar-refractivity contribution in [2.24, 2.45) is 0 Å². The average molecular weight is 353 g/mol. The SMILES string of the molecule is COC(=O)c1cccc(Cl)c1-c1ccc2c(c1)Oc1ccccc1O2. The topological polar surface area (TPSA) is 44.8 Å². The van der Waals surface area contributed by atoms with Gasteiger partial charge in [-0.05, 0) is 42.0 Å². The van der Waals surface area contributed by atoms with Gasteiger partial charge in [0.1, 0.15) is 0 Å². The molecule has 0 amide bonds. The number of carbonyl (C=O) groups excluding carboxylic acids is 1. The number of benzene rings is 3. The van der Waals surface area contributed by atoms with Gasteiger partial charge in [-0.15, -0.1) is 0 Å². The number of esters is 1. The molecule has 4 rings (SSSR count). The van der Waals surface area contributed by atoms with Crippen LogP contribution in [0.3, 0.4) is 0 Å². The Hall–Kier alpha value is -2.98. The Balaban J connectivity index is 1.81. The van der Waals surface area contributed by atoms with Crippen LogP contribution in [0.4, 0.5) is 0 Å². The molecule has 3 aromatic rings. The Labute approximate surface area is 149 Å². The van der Waals surface area contributed by atoms with Crippen molar-refractivity contribution < 1.29 is 19.0 Å². The van der Waals surface area contributed by atoms with Crippen molar-refractivity contribution in [3.05, 3.63) is 71.2 Å². The van der Waals surface area contributed by atoms with Crippen LogP contribution >= 0.6 is 11.6 Å². The van der Waals surface area contributed by atoms with Crippen LogP contribution in [0.1, 0.15) is 10.4 Å². The lowest BCUT2D eigenvalue weighted by atomic mass is 9.99. The summed E-state index contributed by atoms with van der Waals surface area (Å²) >= 11 is 6.35. The molecule has 1 aliphatic rings. The molecule has 5 heteroatoms. The van der Waals surface area contributed by atoms with E-state index in [-0.39, 0.29) is 0 Å². The predicted molar refractivity (Wildman–Crippen MR) is 94.8 cm³/mol. The van der Waals surface area contributed by atoms with E-state index < -0.39 is 5.97 Å². The zero-order valence-electron chi connectivity index (χ0n) is 13.3. The molecule has 4 nitrogen and oxygen atoms in total. The number of rotatable bonds is 2. The van der Waals surface area contributed by atoms with E-state index >= 15 is 0 Å². The number of carbonyl (C=O) groups is 1. The zero-order valence-corrected chi connectivity index (χ0v) is 14.0. The van der Waals surface area contributed by atoms with E-state index in [1.807, 2.05) is 30.3 Å². The van der Waals surface area contributed by atoms with E-state index in [9.17, 15) is 4.79 Å². The van der Waals surface area contributed by atoms with Gasteiger partial charge in [0, 0.05) is 10.6 Å². The maximum atomic E-state index is 12.1. The van der Waals surface area contributed by atoms with Gasteiger partial charge in [-0.3, -0.25) is 0 Å². The summed E-state index contributed by atoms with van der Waals surface area (Å²) in [5.74, 6) is 2.02. The molecule has 3 aromatic carbocycles. The summed E-state index contributed by atoms with van der Waals surface area (Å²) < 4.78 is 16.6. The maximum Gasteiger partial charge on any atom is 0.338 e. The lowest BCUT2D eigenvalue weighted by Gasteiger charge is -2.21. The van der Waals surface area contributed by atoms with Crippen LogP contribution in [0.15, 0.2) is 60.7 Å². The van der Waals surface area contributed by atoms with Crippen molar-refractivity contribution in [2.75, 3.05) is 7.11 Å². The van der Waals surface area contributed by atoms with Crippen LogP contribution in [0.5, 0.6) is 23.0 Å². The summed E-state index contributed by atoms with van der Waals surface area (Å²) in [5.41, 5.74) is 1.74. The Morgan fingerprint density at radius 1 is 0.880 bits per heavy atom. The fourth-order valence-corrected chi connectivity index (χ4v) is 3.06. The average Bonchev–Trinajstić information content (AvgIpc) is 2.65. The molecule has 0 saturated heterocycles. The molecule has 124 valence electrons. The number of fused-ring (bicyclic) bond motifs is 2. The molecule has 0 aliphatic carbocycles. The molecule has 0 aromatic heterocycles. The summed E-state index contributed by atoms with van der Waals surface area (Å²) in [4.78, 5) is 12.1. The van der Waals surface area contributed by atoms with Gasteiger partial charge in [0.25, 0.3) is 0 Å². The summed E-state index contributed by atoms with van der Waals surface area (Å²) in [6.07, 6.45) is 0. The van der Waals surface area contributed by atoms with E-state index in [1.165, 1.54) is 7.11 Å². The molecular formula is C20H13ClO4. The summed E-state index contributed by atoms with van der Waals surface area (Å²) in [6, 6.07) is 18.0. The second-order valence-electron chi connectivity index (χ2n) is 5.47. The van der Waals surface area contributed by atoms with E-state index in [1.54, 1.807) is 30.3 Å². The van der Waals surface area contributed by atoms with Crippen LogP contribution in [0.2, 0.25) is 5.02 Å². The van der Waals surface area contributed by atoms with Gasteiger partial charge in [0.15, 0.2) is 23.0 Å². The number of hydrogen-bond acceptors (Lipinski definition) is 4. The number of para-hydroxylation sites is 2. The van der Waals surface area contributed by atoms with Crippen molar-refractivity contribution in [3.8, 4) is 34.1 Å². The summed E-state index contributed by atoms with van der Waals surface area (Å²) in [7, 11) is 1.34. The molecular weight excluding hydrogens is 340 g/mol. The quantitative estimate of drug-likeness (QED) is 0.434. The minimum atomic E-state index is -0.447.